The van der Waals surface area contributed by atoms with Gasteiger partial charge in [-0.3, -0.25) is 9.59 Å². The number of benzene rings is 6. The van der Waals surface area contributed by atoms with E-state index >= 15 is 0 Å². The minimum absolute atomic E-state index is 0.319. The van der Waals surface area contributed by atoms with Gasteiger partial charge in [0.05, 0.1) is 33.5 Å². The standard InChI is InChI=1S/C44H26N4O2/c1-45-41-21-11-18-37(46-41)30-22-23-35-34-16-8-9-19-38(34)48(40(35)27-30)39-20-10-17-36-42(39)44(50)47(43(36)49)33-25-31(28-12-4-2-5-13-28)24-32(26-33)29-14-6-3-7-15-29/h2-27H. The first-order chi connectivity index (χ1) is 24.6. The van der Waals surface area contributed by atoms with Gasteiger partial charge in [-0.15, -0.1) is 4.98 Å². The molecule has 0 saturated heterocycles. The average Bonchev–Trinajstić information content (AvgIpc) is 3.65. The van der Waals surface area contributed by atoms with Crippen molar-refractivity contribution in [1.82, 2.24) is 9.55 Å². The second-order valence-corrected chi connectivity index (χ2v) is 12.2. The number of hydrogen-bond acceptors (Lipinski definition) is 3. The van der Waals surface area contributed by atoms with Gasteiger partial charge >= 0.3 is 0 Å². The Hall–Kier alpha value is -7.10. The SMILES string of the molecule is [C-]#[N+]c1cccc(-c2ccc3c4ccccc4n(-c4cccc5c4C(=O)N(c4cc(-c6ccccc6)cc(-c6ccccc6)c4)C5=O)c3c2)n1. The summed E-state index contributed by atoms with van der Waals surface area (Å²) in [7, 11) is 0. The Morgan fingerprint density at radius 2 is 1.18 bits per heavy atom. The Morgan fingerprint density at radius 3 is 1.90 bits per heavy atom. The van der Waals surface area contributed by atoms with E-state index in [4.69, 9.17) is 6.57 Å². The summed E-state index contributed by atoms with van der Waals surface area (Å²) in [5.41, 5.74) is 8.93. The first kappa shape index (κ1) is 29.1. The number of carbonyl (C=O) groups is 2. The van der Waals surface area contributed by atoms with E-state index in [0.717, 1.165) is 49.6 Å². The Labute approximate surface area is 287 Å². The molecule has 0 aliphatic carbocycles. The van der Waals surface area contributed by atoms with Crippen molar-refractivity contribution in [1.29, 1.82) is 0 Å². The molecule has 234 valence electrons. The second kappa shape index (κ2) is 11.6. The van der Waals surface area contributed by atoms with Crippen molar-refractivity contribution in [2.45, 2.75) is 0 Å². The first-order valence-electron chi connectivity index (χ1n) is 16.3. The number of hydrogen-bond donors (Lipinski definition) is 0. The van der Waals surface area contributed by atoms with Crippen LogP contribution < -0.4 is 4.90 Å². The largest absolute Gasteiger partial charge is 0.361 e. The van der Waals surface area contributed by atoms with Gasteiger partial charge in [0.25, 0.3) is 17.6 Å². The first-order valence-corrected chi connectivity index (χ1v) is 16.3. The Kier molecular flexibility index (Phi) is 6.72. The van der Waals surface area contributed by atoms with Crippen LogP contribution in [0.4, 0.5) is 11.5 Å². The number of carbonyl (C=O) groups excluding carboxylic acids is 2. The highest BCUT2D eigenvalue weighted by molar-refractivity contribution is 6.36. The summed E-state index contributed by atoms with van der Waals surface area (Å²) >= 11 is 0. The van der Waals surface area contributed by atoms with Crippen LogP contribution in [0.5, 0.6) is 0 Å². The van der Waals surface area contributed by atoms with Gasteiger partial charge in [0, 0.05) is 16.3 Å². The topological polar surface area (TPSA) is 59.6 Å². The molecule has 1 aliphatic rings. The minimum Gasteiger partial charge on any atom is -0.361 e. The van der Waals surface area contributed by atoms with Crippen molar-refractivity contribution in [3.63, 3.8) is 0 Å². The molecule has 1 aliphatic heterocycles. The van der Waals surface area contributed by atoms with Crippen LogP contribution in [0.1, 0.15) is 20.7 Å². The number of fused-ring (bicyclic) bond motifs is 4. The summed E-state index contributed by atoms with van der Waals surface area (Å²) in [5.74, 6) is -0.420. The van der Waals surface area contributed by atoms with E-state index in [1.165, 1.54) is 4.90 Å². The summed E-state index contributed by atoms with van der Waals surface area (Å²) in [6.07, 6.45) is 0. The van der Waals surface area contributed by atoms with Crippen LogP contribution in [-0.4, -0.2) is 21.4 Å². The maximum atomic E-state index is 14.7. The fourth-order valence-corrected chi connectivity index (χ4v) is 7.06. The Morgan fingerprint density at radius 1 is 0.520 bits per heavy atom. The van der Waals surface area contributed by atoms with E-state index in [0.29, 0.717) is 34.0 Å². The molecule has 0 fully saturated rings. The summed E-state index contributed by atoms with van der Waals surface area (Å²) in [6.45, 7) is 7.44. The van der Waals surface area contributed by atoms with Crippen molar-refractivity contribution < 1.29 is 9.59 Å². The predicted molar refractivity (Wildman–Crippen MR) is 199 cm³/mol. The average molecular weight is 643 g/mol. The third-order valence-corrected chi connectivity index (χ3v) is 9.34. The molecule has 6 heteroatoms. The molecule has 0 saturated carbocycles. The number of rotatable bonds is 5. The van der Waals surface area contributed by atoms with E-state index in [-0.39, 0.29) is 11.8 Å². The third kappa shape index (κ3) is 4.61. The van der Waals surface area contributed by atoms with Gasteiger partial charge in [-0.05, 0) is 82.9 Å². The van der Waals surface area contributed by atoms with Crippen molar-refractivity contribution >= 4 is 45.1 Å². The molecule has 2 aromatic heterocycles. The van der Waals surface area contributed by atoms with Gasteiger partial charge in [-0.2, -0.15) is 0 Å². The van der Waals surface area contributed by atoms with Crippen LogP contribution in [0.15, 0.2) is 158 Å². The monoisotopic (exact) mass is 642 g/mol. The summed E-state index contributed by atoms with van der Waals surface area (Å²) in [4.78, 5) is 38.4. The van der Waals surface area contributed by atoms with E-state index < -0.39 is 0 Å². The molecule has 9 rings (SSSR count). The van der Waals surface area contributed by atoms with Crippen LogP contribution in [-0.2, 0) is 0 Å². The molecule has 0 N–H and O–H groups in total. The van der Waals surface area contributed by atoms with Crippen molar-refractivity contribution in [2.75, 3.05) is 4.90 Å². The van der Waals surface area contributed by atoms with Crippen molar-refractivity contribution in [2.24, 2.45) is 0 Å². The van der Waals surface area contributed by atoms with Crippen LogP contribution in [0.25, 0.3) is 65.8 Å². The molecular formula is C44H26N4O2. The molecule has 3 heterocycles. The summed E-state index contributed by atoms with van der Waals surface area (Å²) in [6, 6.07) is 50.9. The lowest BCUT2D eigenvalue weighted by Gasteiger charge is -2.18. The second-order valence-electron chi connectivity index (χ2n) is 12.2. The highest BCUT2D eigenvalue weighted by atomic mass is 16.2. The lowest BCUT2D eigenvalue weighted by Crippen LogP contribution is -2.29. The summed E-state index contributed by atoms with van der Waals surface area (Å²) < 4.78 is 2.07. The maximum Gasteiger partial charge on any atom is 0.270 e. The lowest BCUT2D eigenvalue weighted by molar-refractivity contribution is 0.0926. The number of imide groups is 1. The number of anilines is 1. The fraction of sp³-hybridized carbons (Fsp3) is 0. The van der Waals surface area contributed by atoms with Crippen LogP contribution in [0.3, 0.4) is 0 Å². The van der Waals surface area contributed by atoms with E-state index in [1.54, 1.807) is 12.1 Å². The minimum atomic E-state index is -0.377. The number of pyridine rings is 1. The number of para-hydroxylation sites is 1. The highest BCUT2D eigenvalue weighted by Crippen LogP contribution is 2.40. The fourth-order valence-electron chi connectivity index (χ4n) is 7.06. The molecule has 6 nitrogen and oxygen atoms in total. The molecule has 8 aromatic rings. The molecule has 0 spiro atoms. The van der Waals surface area contributed by atoms with Crippen LogP contribution in [0, 0.1) is 6.57 Å². The smallest absolute Gasteiger partial charge is 0.270 e. The zero-order chi connectivity index (χ0) is 33.8. The van der Waals surface area contributed by atoms with Gasteiger partial charge in [0.15, 0.2) is 5.69 Å². The van der Waals surface area contributed by atoms with Gasteiger partial charge in [-0.25, -0.2) is 4.90 Å². The van der Waals surface area contributed by atoms with Gasteiger partial charge < -0.3 is 9.41 Å². The third-order valence-electron chi connectivity index (χ3n) is 9.34. The van der Waals surface area contributed by atoms with Gasteiger partial charge in [-0.1, -0.05) is 104 Å². The normalized spacial score (nSPS) is 12.4. The highest BCUT2D eigenvalue weighted by Gasteiger charge is 2.39. The maximum absolute atomic E-state index is 14.7. The quantitative estimate of drug-likeness (QED) is 0.139. The van der Waals surface area contributed by atoms with Gasteiger partial charge in [0.2, 0.25) is 0 Å². The molecule has 0 unspecified atom stereocenters. The molecular weight excluding hydrogens is 617 g/mol. The van der Waals surface area contributed by atoms with E-state index in [2.05, 4.69) is 32.6 Å². The predicted octanol–water partition coefficient (Wildman–Crippen LogP) is 10.5. The van der Waals surface area contributed by atoms with Gasteiger partial charge in [0.1, 0.15) is 0 Å². The Balaban J connectivity index is 1.24. The number of nitrogens with zero attached hydrogens (tertiary/aromatic N) is 4. The zero-order valence-corrected chi connectivity index (χ0v) is 26.6. The molecule has 0 atom stereocenters. The van der Waals surface area contributed by atoms with E-state index in [9.17, 15) is 9.59 Å². The number of amides is 2. The zero-order valence-electron chi connectivity index (χ0n) is 26.6. The molecule has 0 radical (unpaired) electrons. The van der Waals surface area contributed by atoms with Crippen LogP contribution in [0.2, 0.25) is 0 Å². The molecule has 2 amide bonds. The molecule has 50 heavy (non-hydrogen) atoms. The number of aromatic nitrogens is 2. The van der Waals surface area contributed by atoms with Crippen LogP contribution >= 0.6 is 0 Å². The van der Waals surface area contributed by atoms with Crippen molar-refractivity contribution in [3.05, 3.63) is 180 Å². The summed E-state index contributed by atoms with van der Waals surface area (Å²) in [5, 5.41) is 2.02. The lowest BCUT2D eigenvalue weighted by atomic mass is 9.97. The molecule has 6 aromatic carbocycles. The van der Waals surface area contributed by atoms with E-state index in [1.807, 2.05) is 127 Å². The Bertz CT molecular complexity index is 2650. The molecule has 0 bridgehead atoms. The van der Waals surface area contributed by atoms with Crippen molar-refractivity contribution in [3.8, 4) is 39.2 Å².